The fourth-order valence-electron chi connectivity index (χ4n) is 2.70. The van der Waals surface area contributed by atoms with Crippen LogP contribution in [-0.2, 0) is 9.22 Å². The highest BCUT2D eigenvalue weighted by Crippen LogP contribution is 2.36. The number of anilines is 2. The summed E-state index contributed by atoms with van der Waals surface area (Å²) >= 11 is 0. The van der Waals surface area contributed by atoms with Crippen LogP contribution in [0.3, 0.4) is 0 Å². The molecule has 0 amide bonds. The maximum Gasteiger partial charge on any atom is 0.222 e. The molecule has 7 nitrogen and oxygen atoms in total. The van der Waals surface area contributed by atoms with Gasteiger partial charge in [-0.3, -0.25) is 4.79 Å². The van der Waals surface area contributed by atoms with Crippen molar-refractivity contribution in [2.75, 3.05) is 24.8 Å². The lowest BCUT2D eigenvalue weighted by molar-refractivity contribution is -0.112. The predicted molar refractivity (Wildman–Crippen MR) is 127 cm³/mol. The molecule has 0 fully saturated rings. The van der Waals surface area contributed by atoms with Gasteiger partial charge in [0.1, 0.15) is 5.69 Å². The quantitative estimate of drug-likeness (QED) is 0.349. The molecule has 0 aromatic carbocycles. The Morgan fingerprint density at radius 1 is 1.27 bits per heavy atom. The van der Waals surface area contributed by atoms with E-state index in [2.05, 4.69) is 56.1 Å². The van der Waals surface area contributed by atoms with Crippen molar-refractivity contribution < 1.29 is 14.0 Å². The Morgan fingerprint density at radius 3 is 2.47 bits per heavy atom. The Labute approximate surface area is 183 Å². The number of carbonyl (C=O) groups excluding carboxylic acids is 1. The minimum absolute atomic E-state index is 0.0765. The van der Waals surface area contributed by atoms with Gasteiger partial charge in [0.25, 0.3) is 0 Å². The van der Waals surface area contributed by atoms with Gasteiger partial charge in [-0.2, -0.15) is 4.98 Å². The third kappa shape index (κ3) is 8.06. The number of rotatable bonds is 12. The number of carbonyl (C=O) groups is 1. The molecule has 0 bridgehead atoms. The van der Waals surface area contributed by atoms with Gasteiger partial charge in [-0.1, -0.05) is 40.5 Å². The third-order valence-electron chi connectivity index (χ3n) is 5.57. The van der Waals surface area contributed by atoms with E-state index in [1.807, 2.05) is 0 Å². The highest BCUT2D eigenvalue weighted by atomic mass is 28.4. The molecule has 1 aromatic rings. The van der Waals surface area contributed by atoms with Gasteiger partial charge in [0.2, 0.25) is 5.95 Å². The molecule has 1 aromatic heterocycles. The van der Waals surface area contributed by atoms with Crippen molar-refractivity contribution in [3.8, 4) is 5.75 Å². The zero-order valence-corrected chi connectivity index (χ0v) is 21.0. The highest BCUT2D eigenvalue weighted by Gasteiger charge is 2.37. The van der Waals surface area contributed by atoms with Crippen LogP contribution in [0.25, 0.3) is 6.08 Å². The molecular weight excluding hydrogens is 396 g/mol. The maximum absolute atomic E-state index is 11.3. The van der Waals surface area contributed by atoms with Crippen LogP contribution >= 0.6 is 0 Å². The fourth-order valence-corrected chi connectivity index (χ4v) is 3.76. The lowest BCUT2D eigenvalue weighted by Crippen LogP contribution is -2.41. The number of nitrogens with zero attached hydrogens (tertiary/aromatic N) is 2. The van der Waals surface area contributed by atoms with E-state index in [4.69, 9.17) is 14.9 Å². The van der Waals surface area contributed by atoms with Gasteiger partial charge in [0.05, 0.1) is 7.11 Å². The van der Waals surface area contributed by atoms with Gasteiger partial charge >= 0.3 is 0 Å². The van der Waals surface area contributed by atoms with Crippen molar-refractivity contribution in [1.82, 2.24) is 9.97 Å². The zero-order chi connectivity index (χ0) is 22.9. The first-order valence-electron chi connectivity index (χ1n) is 10.7. The second-order valence-electron chi connectivity index (χ2n) is 9.17. The van der Waals surface area contributed by atoms with E-state index in [9.17, 15) is 4.79 Å². The Bertz CT molecular complexity index is 730. The molecule has 3 N–H and O–H groups in total. The van der Waals surface area contributed by atoms with Gasteiger partial charge < -0.3 is 20.2 Å². The number of ketones is 1. The van der Waals surface area contributed by atoms with E-state index in [1.165, 1.54) is 13.0 Å². The van der Waals surface area contributed by atoms with Crippen LogP contribution in [0.2, 0.25) is 18.1 Å². The first-order valence-corrected chi connectivity index (χ1v) is 13.6. The molecule has 0 radical (unpaired) electrons. The summed E-state index contributed by atoms with van der Waals surface area (Å²) in [6.45, 7) is 15.6. The second-order valence-corrected chi connectivity index (χ2v) is 14.0. The van der Waals surface area contributed by atoms with Crippen molar-refractivity contribution in [3.05, 3.63) is 11.8 Å². The zero-order valence-electron chi connectivity index (χ0n) is 20.0. The highest BCUT2D eigenvalue weighted by molar-refractivity contribution is 6.74. The van der Waals surface area contributed by atoms with Crippen LogP contribution in [0.4, 0.5) is 11.8 Å². The van der Waals surface area contributed by atoms with Gasteiger partial charge in [-0.25, -0.2) is 4.98 Å². The van der Waals surface area contributed by atoms with Crippen LogP contribution in [0.1, 0.15) is 66.0 Å². The van der Waals surface area contributed by atoms with E-state index in [0.717, 1.165) is 25.7 Å². The summed E-state index contributed by atoms with van der Waals surface area (Å²) < 4.78 is 11.9. The maximum atomic E-state index is 11.3. The van der Waals surface area contributed by atoms with Crippen LogP contribution in [0, 0.1) is 0 Å². The molecule has 0 spiro atoms. The SMILES string of the molecule is CCCC[C@@H](CCO[Si](C)(C)C(C)(C)C)Nc1nc(N)nc(/C=C/C(C)=O)c1OC. The monoisotopic (exact) mass is 436 g/mol. The van der Waals surface area contributed by atoms with Crippen LogP contribution < -0.4 is 15.8 Å². The molecule has 0 aliphatic heterocycles. The van der Waals surface area contributed by atoms with Crippen LogP contribution in [0.5, 0.6) is 5.75 Å². The summed E-state index contributed by atoms with van der Waals surface area (Å²) in [4.78, 5) is 19.9. The van der Waals surface area contributed by atoms with Crippen molar-refractivity contribution in [2.24, 2.45) is 0 Å². The van der Waals surface area contributed by atoms with Gasteiger partial charge in [-0.15, -0.1) is 0 Å². The number of nitrogens with two attached hydrogens (primary N) is 1. The van der Waals surface area contributed by atoms with E-state index >= 15 is 0 Å². The number of methoxy groups -OCH3 is 1. The molecule has 1 atom stereocenters. The largest absolute Gasteiger partial charge is 0.491 e. The summed E-state index contributed by atoms with van der Waals surface area (Å²) in [6.07, 6.45) is 7.09. The van der Waals surface area contributed by atoms with E-state index in [0.29, 0.717) is 23.9 Å². The minimum atomic E-state index is -1.79. The van der Waals surface area contributed by atoms with Crippen molar-refractivity contribution in [2.45, 2.75) is 84.5 Å². The summed E-state index contributed by atoms with van der Waals surface area (Å²) in [5, 5.41) is 3.67. The number of allylic oxidation sites excluding steroid dienone is 1. The molecule has 0 saturated heterocycles. The number of aromatic nitrogens is 2. The number of hydrogen-bond acceptors (Lipinski definition) is 7. The molecule has 1 rings (SSSR count). The normalized spacial score (nSPS) is 13.5. The smallest absolute Gasteiger partial charge is 0.222 e. The standard InChI is InChI=1S/C22H40N4O3Si/c1-9-10-11-17(14-15-29-30(7,8)22(3,4)5)24-20-19(28-6)18(13-12-16(2)27)25-21(23)26-20/h12-13,17H,9-11,14-15H2,1-8H3,(H3,23,24,25,26)/b13-12+/t17-/m0/s1. The Morgan fingerprint density at radius 2 is 1.93 bits per heavy atom. The molecule has 0 saturated carbocycles. The summed E-state index contributed by atoms with van der Waals surface area (Å²) in [5.41, 5.74) is 6.40. The third-order valence-corrected chi connectivity index (χ3v) is 10.1. The molecule has 8 heteroatoms. The van der Waals surface area contributed by atoms with Crippen molar-refractivity contribution >= 4 is 31.9 Å². The number of nitrogens with one attached hydrogen (secondary N) is 1. The van der Waals surface area contributed by atoms with E-state index < -0.39 is 8.32 Å². The lowest BCUT2D eigenvalue weighted by atomic mass is 10.1. The molecule has 1 heterocycles. The number of ether oxygens (including phenoxy) is 1. The molecule has 0 unspecified atom stereocenters. The van der Waals surface area contributed by atoms with E-state index in [-0.39, 0.29) is 22.8 Å². The van der Waals surface area contributed by atoms with Crippen molar-refractivity contribution in [3.63, 3.8) is 0 Å². The topological polar surface area (TPSA) is 99.4 Å². The molecule has 0 aliphatic carbocycles. The predicted octanol–water partition coefficient (Wildman–Crippen LogP) is 5.05. The number of unbranched alkanes of at least 4 members (excludes halogenated alkanes) is 1. The lowest BCUT2D eigenvalue weighted by Gasteiger charge is -2.36. The molecule has 0 aliphatic rings. The summed E-state index contributed by atoms with van der Waals surface area (Å²) in [5.74, 6) is 1.08. The average molecular weight is 437 g/mol. The first-order chi connectivity index (χ1) is 13.9. The summed E-state index contributed by atoms with van der Waals surface area (Å²) in [6, 6.07) is 0.169. The molecule has 170 valence electrons. The first kappa shape index (κ1) is 26.1. The number of hydrogen-bond donors (Lipinski definition) is 2. The fraction of sp³-hybridized carbons (Fsp3) is 0.682. The van der Waals surface area contributed by atoms with Gasteiger partial charge in [0, 0.05) is 12.6 Å². The average Bonchev–Trinajstić information content (AvgIpc) is 2.62. The van der Waals surface area contributed by atoms with Gasteiger partial charge in [-0.05, 0) is 50.0 Å². The second kappa shape index (κ2) is 11.5. The van der Waals surface area contributed by atoms with Crippen molar-refractivity contribution in [1.29, 1.82) is 0 Å². The Balaban J connectivity index is 3.02. The minimum Gasteiger partial charge on any atom is -0.491 e. The molecule has 30 heavy (non-hydrogen) atoms. The Kier molecular flexibility index (Phi) is 9.97. The van der Waals surface area contributed by atoms with E-state index in [1.54, 1.807) is 13.2 Å². The molecular formula is C22H40N4O3Si. The van der Waals surface area contributed by atoms with Crippen LogP contribution in [-0.4, -0.2) is 43.8 Å². The number of nitrogen functional groups attached to an aromatic ring is 1. The summed E-state index contributed by atoms with van der Waals surface area (Å²) in [7, 11) is -0.229. The van der Waals surface area contributed by atoms with Gasteiger partial charge in [0.15, 0.2) is 25.7 Å². The Hall–Kier alpha value is -1.93. The van der Waals surface area contributed by atoms with Crippen LogP contribution in [0.15, 0.2) is 6.08 Å².